The predicted molar refractivity (Wildman–Crippen MR) is 156 cm³/mol. The van der Waals surface area contributed by atoms with E-state index in [1.54, 1.807) is 19.5 Å². The number of para-hydroxylation sites is 3. The molecule has 0 atom stereocenters. The highest BCUT2D eigenvalue weighted by molar-refractivity contribution is 6.02. The topological polar surface area (TPSA) is 72.7 Å². The van der Waals surface area contributed by atoms with E-state index in [-0.39, 0.29) is 12.5 Å². The van der Waals surface area contributed by atoms with Crippen molar-refractivity contribution >= 4 is 22.8 Å². The average Bonchev–Trinajstić information content (AvgIpc) is 3.40. The van der Waals surface area contributed by atoms with Gasteiger partial charge in [0.2, 0.25) is 0 Å². The molecule has 0 spiro atoms. The Bertz CT molecular complexity index is 1640. The van der Waals surface area contributed by atoms with Gasteiger partial charge < -0.3 is 23.8 Å². The molecule has 202 valence electrons. The summed E-state index contributed by atoms with van der Waals surface area (Å²) in [7, 11) is 1.59. The maximum atomic E-state index is 13.0. The van der Waals surface area contributed by atoms with Gasteiger partial charge in [-0.1, -0.05) is 60.7 Å². The molecule has 5 aromatic rings. The lowest BCUT2D eigenvalue weighted by atomic mass is 10.1. The third kappa shape index (κ3) is 4.84. The summed E-state index contributed by atoms with van der Waals surface area (Å²) in [6, 6.07) is 26.0. The number of amides is 1. The number of aryl methyl sites for hydroxylation is 1. The molecule has 2 aromatic heterocycles. The summed E-state index contributed by atoms with van der Waals surface area (Å²) in [6.45, 7) is 4.57. The monoisotopic (exact) mass is 533 g/mol. The van der Waals surface area contributed by atoms with Crippen molar-refractivity contribution in [2.24, 2.45) is 0 Å². The number of hydrogen-bond acceptors (Lipinski definition) is 6. The maximum absolute atomic E-state index is 13.0. The van der Waals surface area contributed by atoms with Crippen LogP contribution in [-0.2, 0) is 4.79 Å². The van der Waals surface area contributed by atoms with Crippen molar-refractivity contribution in [3.8, 4) is 28.3 Å². The maximum Gasteiger partial charge on any atom is 0.260 e. The molecule has 1 aliphatic heterocycles. The van der Waals surface area contributed by atoms with Gasteiger partial charge in [0.05, 0.1) is 12.5 Å². The van der Waals surface area contributed by atoms with Crippen molar-refractivity contribution in [3.05, 3.63) is 97.0 Å². The minimum absolute atomic E-state index is 0.0322. The van der Waals surface area contributed by atoms with Crippen molar-refractivity contribution in [1.82, 2.24) is 19.4 Å². The van der Waals surface area contributed by atoms with Crippen LogP contribution in [0.3, 0.4) is 0 Å². The van der Waals surface area contributed by atoms with Crippen LogP contribution in [0.25, 0.3) is 27.8 Å². The Morgan fingerprint density at radius 1 is 0.850 bits per heavy atom. The number of aromatic nitrogens is 3. The third-order valence-corrected chi connectivity index (χ3v) is 7.37. The number of hydrogen-bond donors (Lipinski definition) is 0. The summed E-state index contributed by atoms with van der Waals surface area (Å²) in [5.41, 5.74) is 5.31. The van der Waals surface area contributed by atoms with Gasteiger partial charge in [0.15, 0.2) is 23.8 Å². The zero-order valence-electron chi connectivity index (χ0n) is 22.7. The van der Waals surface area contributed by atoms with E-state index in [4.69, 9.17) is 19.4 Å². The molecular formula is C32H31N5O3. The Morgan fingerprint density at radius 2 is 1.55 bits per heavy atom. The van der Waals surface area contributed by atoms with Gasteiger partial charge in [-0.2, -0.15) is 0 Å². The molecular weight excluding hydrogens is 502 g/mol. The zero-order chi connectivity index (χ0) is 27.5. The first-order valence-electron chi connectivity index (χ1n) is 13.4. The fourth-order valence-corrected chi connectivity index (χ4v) is 5.28. The van der Waals surface area contributed by atoms with Crippen LogP contribution >= 0.6 is 0 Å². The zero-order valence-corrected chi connectivity index (χ0v) is 22.7. The van der Waals surface area contributed by atoms with Gasteiger partial charge in [-0.05, 0) is 36.2 Å². The van der Waals surface area contributed by atoms with Crippen molar-refractivity contribution in [2.45, 2.75) is 6.92 Å². The number of fused-ring (bicyclic) bond motifs is 1. The molecule has 1 aliphatic rings. The van der Waals surface area contributed by atoms with Crippen LogP contribution in [0.4, 0.5) is 5.82 Å². The molecule has 8 heteroatoms. The lowest BCUT2D eigenvalue weighted by molar-refractivity contribution is -0.133. The van der Waals surface area contributed by atoms with E-state index in [0.717, 1.165) is 33.7 Å². The highest BCUT2D eigenvalue weighted by Crippen LogP contribution is 2.37. The van der Waals surface area contributed by atoms with Crippen LogP contribution in [0.5, 0.6) is 11.5 Å². The molecule has 0 unspecified atom stereocenters. The van der Waals surface area contributed by atoms with Gasteiger partial charge in [0.25, 0.3) is 5.91 Å². The van der Waals surface area contributed by atoms with E-state index >= 15 is 0 Å². The van der Waals surface area contributed by atoms with Crippen molar-refractivity contribution < 1.29 is 14.3 Å². The number of ether oxygens (including phenoxy) is 2. The Labute approximate surface area is 233 Å². The molecule has 0 radical (unpaired) electrons. The molecule has 0 N–H and O–H groups in total. The van der Waals surface area contributed by atoms with E-state index in [0.29, 0.717) is 37.7 Å². The number of carbonyl (C=O) groups excluding carboxylic acids is 1. The lowest BCUT2D eigenvalue weighted by Crippen LogP contribution is -2.50. The quantitative estimate of drug-likeness (QED) is 0.289. The average molecular weight is 534 g/mol. The number of nitrogens with zero attached hydrogens (tertiary/aromatic N) is 5. The number of rotatable bonds is 7. The molecule has 0 aliphatic carbocycles. The normalized spacial score (nSPS) is 13.4. The first-order chi connectivity index (χ1) is 19.6. The SMILES string of the molecule is COc1ccccc1OCC(=O)N1CCN(c2ncnc3c2c(-c2ccccc2)cn3-c2ccccc2C)CC1. The summed E-state index contributed by atoms with van der Waals surface area (Å²) in [4.78, 5) is 26.6. The number of anilines is 1. The fraction of sp³-hybridized carbons (Fsp3) is 0.219. The largest absolute Gasteiger partial charge is 0.493 e. The Hall–Kier alpha value is -4.85. The summed E-state index contributed by atoms with van der Waals surface area (Å²) in [5, 5.41) is 1.01. The van der Waals surface area contributed by atoms with E-state index < -0.39 is 0 Å². The van der Waals surface area contributed by atoms with Gasteiger partial charge in [-0.25, -0.2) is 9.97 Å². The smallest absolute Gasteiger partial charge is 0.260 e. The van der Waals surface area contributed by atoms with E-state index in [1.807, 2.05) is 53.4 Å². The van der Waals surface area contributed by atoms with Crippen LogP contribution < -0.4 is 14.4 Å². The molecule has 1 saturated heterocycles. The van der Waals surface area contributed by atoms with E-state index in [1.165, 1.54) is 5.56 Å². The summed E-state index contributed by atoms with van der Waals surface area (Å²) < 4.78 is 13.3. The van der Waals surface area contributed by atoms with Gasteiger partial charge in [-0.3, -0.25) is 4.79 Å². The summed E-state index contributed by atoms with van der Waals surface area (Å²) in [6.07, 6.45) is 3.80. The molecule has 3 heterocycles. The van der Waals surface area contributed by atoms with Crippen molar-refractivity contribution in [1.29, 1.82) is 0 Å². The molecule has 8 nitrogen and oxygen atoms in total. The van der Waals surface area contributed by atoms with E-state index in [2.05, 4.69) is 46.9 Å². The van der Waals surface area contributed by atoms with Crippen LogP contribution in [0.2, 0.25) is 0 Å². The summed E-state index contributed by atoms with van der Waals surface area (Å²) in [5.74, 6) is 2.01. The molecule has 3 aromatic carbocycles. The fourth-order valence-electron chi connectivity index (χ4n) is 5.28. The molecule has 40 heavy (non-hydrogen) atoms. The first-order valence-corrected chi connectivity index (χ1v) is 13.4. The minimum Gasteiger partial charge on any atom is -0.493 e. The van der Waals surface area contributed by atoms with Crippen molar-refractivity contribution in [3.63, 3.8) is 0 Å². The van der Waals surface area contributed by atoms with E-state index in [9.17, 15) is 4.79 Å². The third-order valence-electron chi connectivity index (χ3n) is 7.37. The van der Waals surface area contributed by atoms with Crippen LogP contribution in [0.1, 0.15) is 5.56 Å². The Balaban J connectivity index is 1.27. The van der Waals surface area contributed by atoms with Gasteiger partial charge in [0, 0.05) is 43.6 Å². The second-order valence-corrected chi connectivity index (χ2v) is 9.77. The highest BCUT2D eigenvalue weighted by atomic mass is 16.5. The first kappa shape index (κ1) is 25.4. The van der Waals surface area contributed by atoms with Crippen molar-refractivity contribution in [2.75, 3.05) is 44.8 Å². The van der Waals surface area contributed by atoms with Crippen LogP contribution in [-0.4, -0.2) is 65.2 Å². The molecule has 1 amide bonds. The Morgan fingerprint density at radius 3 is 2.30 bits per heavy atom. The van der Waals surface area contributed by atoms with Gasteiger partial charge in [-0.15, -0.1) is 0 Å². The number of piperazine rings is 1. The molecule has 1 fully saturated rings. The van der Waals surface area contributed by atoms with Crippen LogP contribution in [0, 0.1) is 6.92 Å². The van der Waals surface area contributed by atoms with Crippen LogP contribution in [0.15, 0.2) is 91.4 Å². The molecule has 0 saturated carbocycles. The minimum atomic E-state index is -0.0472. The lowest BCUT2D eigenvalue weighted by Gasteiger charge is -2.35. The molecule has 0 bridgehead atoms. The van der Waals surface area contributed by atoms with Gasteiger partial charge >= 0.3 is 0 Å². The second kappa shape index (κ2) is 11.1. The standard InChI is InChI=1S/C32H31N5O3/c1-23-10-6-7-13-26(23)37-20-25(24-11-4-3-5-12-24)30-31(33-22-34-32(30)37)36-18-16-35(17-19-36)29(38)21-40-28-15-9-8-14-27(28)39-2/h3-15,20,22H,16-19,21H2,1-2H3. The predicted octanol–water partition coefficient (Wildman–Crippen LogP) is 5.13. The van der Waals surface area contributed by atoms with Gasteiger partial charge in [0.1, 0.15) is 12.1 Å². The molecule has 6 rings (SSSR count). The highest BCUT2D eigenvalue weighted by Gasteiger charge is 2.26. The summed E-state index contributed by atoms with van der Waals surface area (Å²) >= 11 is 0. The number of benzene rings is 3. The number of carbonyl (C=O) groups is 1. The second-order valence-electron chi connectivity index (χ2n) is 9.77. The number of methoxy groups -OCH3 is 1. The Kier molecular flexibility index (Phi) is 7.06.